The number of terminal acetylenes is 1. The minimum absolute atomic E-state index is 0. The first kappa shape index (κ1) is 15.6. The number of alkyl halides is 3. The molecule has 0 saturated carbocycles. The monoisotopic (exact) mass is 352 g/mol. The van der Waals surface area contributed by atoms with E-state index in [1.54, 1.807) is 0 Å². The van der Waals surface area contributed by atoms with Crippen LogP contribution in [0.25, 0.3) is 10.2 Å². The van der Waals surface area contributed by atoms with Gasteiger partial charge in [0.1, 0.15) is 5.75 Å². The van der Waals surface area contributed by atoms with E-state index in [0.717, 1.165) is 11.3 Å². The second kappa shape index (κ2) is 5.67. The van der Waals surface area contributed by atoms with Crippen LogP contribution < -0.4 is 9.54 Å². The maximum absolute atomic E-state index is 12.1. The number of nitrogens with one attached hydrogen (secondary N) is 1. The molecule has 102 valence electrons. The van der Waals surface area contributed by atoms with Crippen LogP contribution in [0.1, 0.15) is 0 Å². The predicted octanol–water partition coefficient (Wildman–Crippen LogP) is 3.29. The highest BCUT2D eigenvalue weighted by Gasteiger charge is 2.31. The van der Waals surface area contributed by atoms with E-state index in [-0.39, 0.29) is 34.1 Å². The third kappa shape index (κ3) is 3.52. The molecule has 0 saturated heterocycles. The van der Waals surface area contributed by atoms with Gasteiger partial charge in [-0.25, -0.2) is 0 Å². The van der Waals surface area contributed by atoms with Crippen LogP contribution in [-0.4, -0.2) is 10.9 Å². The Labute approximate surface area is 120 Å². The van der Waals surface area contributed by atoms with Gasteiger partial charge in [-0.05, 0) is 18.2 Å². The molecule has 1 heterocycles. The number of thiazole rings is 1. The summed E-state index contributed by atoms with van der Waals surface area (Å²) in [6.07, 6.45) is 0.451. The van der Waals surface area contributed by atoms with Gasteiger partial charge < -0.3 is 9.30 Å². The number of halogens is 4. The molecule has 0 fully saturated rings. The number of ether oxygens (including phenoxy) is 1. The molecule has 1 aromatic carbocycles. The van der Waals surface area contributed by atoms with E-state index < -0.39 is 6.36 Å². The molecular weight excluding hydrogens is 345 g/mol. The summed E-state index contributed by atoms with van der Waals surface area (Å²) in [7, 11) is 0. The molecule has 1 N–H and O–H groups in total. The zero-order valence-electron chi connectivity index (χ0n) is 9.32. The van der Waals surface area contributed by atoms with Crippen molar-refractivity contribution in [3.63, 3.8) is 0 Å². The number of aromatic nitrogens is 1. The van der Waals surface area contributed by atoms with Crippen LogP contribution in [0.3, 0.4) is 0 Å². The zero-order chi connectivity index (χ0) is 13.3. The highest BCUT2D eigenvalue weighted by Crippen LogP contribution is 2.27. The second-order valence-corrected chi connectivity index (χ2v) is 4.41. The van der Waals surface area contributed by atoms with Gasteiger partial charge in [-0.1, -0.05) is 17.3 Å². The van der Waals surface area contributed by atoms with Crippen molar-refractivity contribution >= 4 is 38.5 Å². The maximum Gasteiger partial charge on any atom is 0.573 e. The zero-order valence-corrected chi connectivity index (χ0v) is 11.9. The summed E-state index contributed by atoms with van der Waals surface area (Å²) in [6, 6.07) is 3.91. The number of rotatable bonds is 2. The van der Waals surface area contributed by atoms with Gasteiger partial charge in [0.05, 0.1) is 16.8 Å². The number of hydrogen-bond donors (Lipinski definition) is 1. The molecule has 0 bridgehead atoms. The average molecular weight is 353 g/mol. The number of nitrogens with zero attached hydrogens (tertiary/aromatic N) is 1. The minimum Gasteiger partial charge on any atom is -0.406 e. The van der Waals surface area contributed by atoms with Gasteiger partial charge >= 0.3 is 6.36 Å². The van der Waals surface area contributed by atoms with Gasteiger partial charge in [0.25, 0.3) is 0 Å². The molecule has 8 heteroatoms. The molecule has 0 atom stereocenters. The van der Waals surface area contributed by atoms with Crippen LogP contribution in [0.5, 0.6) is 5.75 Å². The predicted molar refractivity (Wildman–Crippen MR) is 71.5 cm³/mol. The van der Waals surface area contributed by atoms with E-state index in [1.807, 2.05) is 0 Å². The largest absolute Gasteiger partial charge is 0.573 e. The molecule has 2 aromatic rings. The van der Waals surface area contributed by atoms with Gasteiger partial charge in [-0.3, -0.25) is 5.41 Å². The first-order chi connectivity index (χ1) is 8.40. The van der Waals surface area contributed by atoms with Crippen LogP contribution in [0.4, 0.5) is 13.2 Å². The summed E-state index contributed by atoms with van der Waals surface area (Å²) >= 11 is 1.05. The normalized spacial score (nSPS) is 10.8. The third-order valence-corrected chi connectivity index (χ3v) is 3.12. The van der Waals surface area contributed by atoms with Gasteiger partial charge in [-0.15, -0.1) is 36.6 Å². The Bertz CT molecular complexity index is 684. The fraction of sp³-hybridized carbons (Fsp3) is 0.182. The van der Waals surface area contributed by atoms with E-state index >= 15 is 0 Å². The maximum atomic E-state index is 12.1. The Morgan fingerprint density at radius 2 is 2.11 bits per heavy atom. The van der Waals surface area contributed by atoms with Crippen molar-refractivity contribution in [2.45, 2.75) is 12.9 Å². The lowest BCUT2D eigenvalue weighted by atomic mass is 10.3. The van der Waals surface area contributed by atoms with Crippen LogP contribution >= 0.6 is 28.3 Å². The standard InChI is InChI=1S/C11H7F3N2OS.BrH/c1-2-5-16-8-4-3-7(17-11(12,13)14)6-9(8)18-10(16)15;/h1,3-4,6,15H,5H2;1H. The van der Waals surface area contributed by atoms with Crippen molar-refractivity contribution in [2.24, 2.45) is 0 Å². The molecule has 0 spiro atoms. The molecule has 0 amide bonds. The molecule has 1 aromatic heterocycles. The third-order valence-electron chi connectivity index (χ3n) is 2.16. The van der Waals surface area contributed by atoms with E-state index in [1.165, 1.54) is 22.8 Å². The Hall–Kier alpha value is -1.46. The molecule has 0 unspecified atom stereocenters. The summed E-state index contributed by atoms with van der Waals surface area (Å²) < 4.78 is 42.1. The second-order valence-electron chi connectivity index (χ2n) is 3.37. The summed E-state index contributed by atoms with van der Waals surface area (Å²) in [4.78, 5) is 0.187. The summed E-state index contributed by atoms with van der Waals surface area (Å²) in [5.41, 5.74) is 0.623. The Morgan fingerprint density at radius 1 is 1.42 bits per heavy atom. The lowest BCUT2D eigenvalue weighted by Crippen LogP contribution is -2.17. The fourth-order valence-electron chi connectivity index (χ4n) is 1.51. The Balaban J connectivity index is 0.00000180. The fourth-order valence-corrected chi connectivity index (χ4v) is 2.45. The minimum atomic E-state index is -4.72. The van der Waals surface area contributed by atoms with E-state index in [4.69, 9.17) is 11.8 Å². The van der Waals surface area contributed by atoms with Crippen molar-refractivity contribution in [3.8, 4) is 18.1 Å². The number of fused-ring (bicyclic) bond motifs is 1. The van der Waals surface area contributed by atoms with Crippen molar-refractivity contribution in [1.82, 2.24) is 4.57 Å². The lowest BCUT2D eigenvalue weighted by molar-refractivity contribution is -0.274. The number of benzene rings is 1. The van der Waals surface area contributed by atoms with Crippen LogP contribution in [0, 0.1) is 17.8 Å². The topological polar surface area (TPSA) is 38.0 Å². The van der Waals surface area contributed by atoms with Gasteiger partial charge in [0.2, 0.25) is 0 Å². The van der Waals surface area contributed by atoms with Gasteiger partial charge in [-0.2, -0.15) is 0 Å². The molecule has 3 nitrogen and oxygen atoms in total. The van der Waals surface area contributed by atoms with E-state index in [2.05, 4.69) is 10.7 Å². The first-order valence-corrected chi connectivity index (χ1v) is 5.59. The molecule has 2 rings (SSSR count). The molecule has 0 aliphatic carbocycles. The van der Waals surface area contributed by atoms with Crippen LogP contribution in [0.2, 0.25) is 0 Å². The first-order valence-electron chi connectivity index (χ1n) is 4.78. The summed E-state index contributed by atoms with van der Waals surface area (Å²) in [6.45, 7) is 0.207. The lowest BCUT2D eigenvalue weighted by Gasteiger charge is -2.08. The average Bonchev–Trinajstić information content (AvgIpc) is 2.53. The van der Waals surface area contributed by atoms with E-state index in [9.17, 15) is 13.2 Å². The van der Waals surface area contributed by atoms with Crippen LogP contribution in [0.15, 0.2) is 18.2 Å². The number of hydrogen-bond acceptors (Lipinski definition) is 3. The molecular formula is C11H8BrF3N2OS. The van der Waals surface area contributed by atoms with Gasteiger partial charge in [0.15, 0.2) is 4.80 Å². The van der Waals surface area contributed by atoms with Crippen molar-refractivity contribution in [1.29, 1.82) is 5.41 Å². The Morgan fingerprint density at radius 3 is 2.68 bits per heavy atom. The van der Waals surface area contributed by atoms with Crippen molar-refractivity contribution in [2.75, 3.05) is 0 Å². The smallest absolute Gasteiger partial charge is 0.406 e. The van der Waals surface area contributed by atoms with Gasteiger partial charge in [0, 0.05) is 0 Å². The summed E-state index contributed by atoms with van der Waals surface area (Å²) in [5.74, 6) is 2.09. The molecule has 0 aliphatic rings. The SMILES string of the molecule is Br.C#CCn1c(=N)sc2cc(OC(F)(F)F)ccc21. The summed E-state index contributed by atoms with van der Waals surface area (Å²) in [5, 5.41) is 7.68. The molecule has 0 aliphatic heterocycles. The van der Waals surface area contributed by atoms with Crippen LogP contribution in [-0.2, 0) is 6.54 Å². The van der Waals surface area contributed by atoms with Crippen molar-refractivity contribution in [3.05, 3.63) is 23.0 Å². The molecule has 0 radical (unpaired) electrons. The molecule has 19 heavy (non-hydrogen) atoms. The quantitative estimate of drug-likeness (QED) is 0.827. The Kier molecular flexibility index (Phi) is 4.66. The van der Waals surface area contributed by atoms with E-state index in [0.29, 0.717) is 10.2 Å². The highest BCUT2D eigenvalue weighted by molar-refractivity contribution is 8.93. The highest BCUT2D eigenvalue weighted by atomic mass is 79.9. The van der Waals surface area contributed by atoms with Crippen molar-refractivity contribution < 1.29 is 17.9 Å².